The van der Waals surface area contributed by atoms with Crippen LogP contribution in [0.5, 0.6) is 0 Å². The average molecular weight is 299 g/mol. The number of carbonyl (C=O) groups is 1. The van der Waals surface area contributed by atoms with Crippen molar-refractivity contribution in [1.82, 2.24) is 5.32 Å². The molecule has 0 bridgehead atoms. The van der Waals surface area contributed by atoms with E-state index in [1.165, 1.54) is 0 Å². The number of hydrogen-bond acceptors (Lipinski definition) is 5. The number of benzene rings is 1. The van der Waals surface area contributed by atoms with Gasteiger partial charge in [-0.2, -0.15) is 0 Å². The Morgan fingerprint density at radius 3 is 2.67 bits per heavy atom. The fraction of sp³-hybridized carbons (Fsp3) is 0.462. The van der Waals surface area contributed by atoms with E-state index in [1.54, 1.807) is 0 Å². The maximum atomic E-state index is 13.3. The van der Waals surface area contributed by atoms with Gasteiger partial charge < -0.3 is 16.2 Å². The van der Waals surface area contributed by atoms with Gasteiger partial charge in [0.2, 0.25) is 0 Å². The maximum absolute atomic E-state index is 13.3. The molecule has 4 N–H and O–H groups in total. The van der Waals surface area contributed by atoms with Crippen LogP contribution in [0.2, 0.25) is 0 Å². The van der Waals surface area contributed by atoms with Crippen LogP contribution in [-0.2, 0) is 0 Å². The quantitative estimate of drug-likeness (QED) is 0.417. The Labute approximate surface area is 121 Å². The highest BCUT2D eigenvalue weighted by Gasteiger charge is 2.21. The molecule has 1 aromatic carbocycles. The van der Waals surface area contributed by atoms with Crippen LogP contribution in [0.4, 0.5) is 15.8 Å². The summed E-state index contributed by atoms with van der Waals surface area (Å²) in [5, 5.41) is 22.8. The third-order valence-corrected chi connectivity index (χ3v) is 3.06. The summed E-state index contributed by atoms with van der Waals surface area (Å²) < 4.78 is 13.3. The molecule has 0 aliphatic carbocycles. The highest BCUT2D eigenvalue weighted by molar-refractivity contribution is 6.01. The van der Waals surface area contributed by atoms with Crippen molar-refractivity contribution in [3.63, 3.8) is 0 Å². The van der Waals surface area contributed by atoms with Crippen molar-refractivity contribution in [2.75, 3.05) is 12.3 Å². The minimum absolute atomic E-state index is 0.0437. The summed E-state index contributed by atoms with van der Waals surface area (Å²) in [6.45, 7) is 3.82. The van der Waals surface area contributed by atoms with Crippen LogP contribution in [0.15, 0.2) is 12.1 Å². The fourth-order valence-electron chi connectivity index (χ4n) is 1.70. The van der Waals surface area contributed by atoms with E-state index in [0.29, 0.717) is 12.5 Å². The number of nitrogens with zero attached hydrogens (tertiary/aromatic N) is 1. The first-order chi connectivity index (χ1) is 9.73. The molecule has 0 heterocycles. The molecule has 7 nitrogen and oxygen atoms in total. The van der Waals surface area contributed by atoms with Crippen LogP contribution in [0.25, 0.3) is 0 Å². The number of nitro benzene ring substituents is 1. The molecule has 0 saturated carbocycles. The van der Waals surface area contributed by atoms with E-state index in [1.807, 2.05) is 13.8 Å². The number of nitrogens with one attached hydrogen (secondary N) is 1. The van der Waals surface area contributed by atoms with Gasteiger partial charge in [-0.25, -0.2) is 4.39 Å². The first-order valence-corrected chi connectivity index (χ1v) is 6.43. The Hall–Kier alpha value is -2.22. The van der Waals surface area contributed by atoms with Crippen molar-refractivity contribution >= 4 is 17.3 Å². The lowest BCUT2D eigenvalue weighted by atomic mass is 10.0. The Morgan fingerprint density at radius 1 is 1.52 bits per heavy atom. The number of hydrogen-bond donors (Lipinski definition) is 3. The third kappa shape index (κ3) is 4.38. The number of aliphatic hydroxyl groups is 1. The van der Waals surface area contributed by atoms with Gasteiger partial charge in [0.25, 0.3) is 11.6 Å². The summed E-state index contributed by atoms with van der Waals surface area (Å²) in [5.41, 5.74) is 4.19. The lowest BCUT2D eigenvalue weighted by Crippen LogP contribution is -2.29. The van der Waals surface area contributed by atoms with Gasteiger partial charge in [0, 0.05) is 6.54 Å². The molecule has 0 aliphatic heterocycles. The molecule has 1 rings (SSSR count). The number of nitrogen functional groups attached to an aromatic ring is 1. The molecule has 0 fully saturated rings. The molecule has 1 atom stereocenters. The lowest BCUT2D eigenvalue weighted by molar-refractivity contribution is -0.384. The smallest absolute Gasteiger partial charge is 0.295 e. The number of amides is 1. The zero-order chi connectivity index (χ0) is 16.2. The molecule has 116 valence electrons. The van der Waals surface area contributed by atoms with Gasteiger partial charge in [-0.15, -0.1) is 0 Å². The minimum Gasteiger partial charge on any atom is -0.393 e. The largest absolute Gasteiger partial charge is 0.393 e. The Balaban J connectivity index is 2.81. The monoisotopic (exact) mass is 299 g/mol. The van der Waals surface area contributed by atoms with E-state index in [0.717, 1.165) is 6.07 Å². The SMILES string of the molecule is CC(C)C(O)CCNC(=O)c1cc(F)cc([N+](=O)[O-])c1N. The molecule has 0 spiro atoms. The molecule has 0 aromatic heterocycles. The second kappa shape index (κ2) is 6.98. The number of anilines is 1. The van der Waals surface area contributed by atoms with Crippen molar-refractivity contribution in [2.45, 2.75) is 26.4 Å². The maximum Gasteiger partial charge on any atom is 0.295 e. The summed E-state index contributed by atoms with van der Waals surface area (Å²) in [6, 6.07) is 1.51. The number of aliphatic hydroxyl groups excluding tert-OH is 1. The Bertz CT molecular complexity index is 548. The van der Waals surface area contributed by atoms with Crippen molar-refractivity contribution in [1.29, 1.82) is 0 Å². The number of carbonyl (C=O) groups excluding carboxylic acids is 1. The van der Waals surface area contributed by atoms with Crippen LogP contribution in [0.3, 0.4) is 0 Å². The van der Waals surface area contributed by atoms with E-state index in [2.05, 4.69) is 5.32 Å². The predicted octanol–water partition coefficient (Wildman–Crippen LogP) is 1.45. The van der Waals surface area contributed by atoms with Gasteiger partial charge in [-0.3, -0.25) is 14.9 Å². The average Bonchev–Trinajstić information content (AvgIpc) is 2.40. The second-order valence-corrected chi connectivity index (χ2v) is 5.00. The molecule has 0 saturated heterocycles. The molecule has 1 aromatic rings. The van der Waals surface area contributed by atoms with Crippen molar-refractivity contribution < 1.29 is 19.2 Å². The molecule has 0 radical (unpaired) electrons. The van der Waals surface area contributed by atoms with Gasteiger partial charge in [-0.05, 0) is 18.4 Å². The van der Waals surface area contributed by atoms with E-state index in [9.17, 15) is 24.4 Å². The van der Waals surface area contributed by atoms with Gasteiger partial charge in [0.15, 0.2) is 0 Å². The molecule has 21 heavy (non-hydrogen) atoms. The summed E-state index contributed by atoms with van der Waals surface area (Å²) in [7, 11) is 0. The number of nitrogens with two attached hydrogens (primary N) is 1. The zero-order valence-corrected chi connectivity index (χ0v) is 11.8. The molecule has 0 aliphatic rings. The minimum atomic E-state index is -0.914. The van der Waals surface area contributed by atoms with Crippen LogP contribution in [0, 0.1) is 21.8 Å². The van der Waals surface area contributed by atoms with Crippen LogP contribution >= 0.6 is 0 Å². The standard InChI is InChI=1S/C13H18FN3O4/c1-7(2)11(18)3-4-16-13(19)9-5-8(14)6-10(12(9)15)17(20)21/h5-7,11,18H,3-4,15H2,1-2H3,(H,16,19). The topological polar surface area (TPSA) is 118 Å². The van der Waals surface area contributed by atoms with E-state index in [4.69, 9.17) is 5.73 Å². The van der Waals surface area contributed by atoms with Gasteiger partial charge >= 0.3 is 0 Å². The third-order valence-electron chi connectivity index (χ3n) is 3.06. The molecule has 1 unspecified atom stereocenters. The Kier molecular flexibility index (Phi) is 5.60. The zero-order valence-electron chi connectivity index (χ0n) is 11.8. The predicted molar refractivity (Wildman–Crippen MR) is 75.3 cm³/mol. The summed E-state index contributed by atoms with van der Waals surface area (Å²) in [5.74, 6) is -1.59. The molecule has 8 heteroatoms. The first kappa shape index (κ1) is 16.8. The van der Waals surface area contributed by atoms with Crippen molar-refractivity contribution in [3.8, 4) is 0 Å². The normalized spacial score (nSPS) is 12.2. The number of halogens is 1. The van der Waals surface area contributed by atoms with Gasteiger partial charge in [0.1, 0.15) is 11.5 Å². The molecular weight excluding hydrogens is 281 g/mol. The van der Waals surface area contributed by atoms with E-state index in [-0.39, 0.29) is 23.7 Å². The molecule has 1 amide bonds. The highest BCUT2D eigenvalue weighted by atomic mass is 19.1. The first-order valence-electron chi connectivity index (χ1n) is 6.43. The second-order valence-electron chi connectivity index (χ2n) is 5.00. The lowest BCUT2D eigenvalue weighted by Gasteiger charge is -2.14. The van der Waals surface area contributed by atoms with Crippen LogP contribution in [-0.4, -0.2) is 28.6 Å². The number of nitro groups is 1. The Morgan fingerprint density at radius 2 is 2.14 bits per heavy atom. The van der Waals surface area contributed by atoms with Crippen molar-refractivity contribution in [3.05, 3.63) is 33.6 Å². The van der Waals surface area contributed by atoms with Crippen LogP contribution < -0.4 is 11.1 Å². The van der Waals surface area contributed by atoms with Crippen LogP contribution in [0.1, 0.15) is 30.6 Å². The molecular formula is C13H18FN3O4. The van der Waals surface area contributed by atoms with Gasteiger partial charge in [-0.1, -0.05) is 13.8 Å². The van der Waals surface area contributed by atoms with Crippen molar-refractivity contribution in [2.24, 2.45) is 5.92 Å². The van der Waals surface area contributed by atoms with E-state index >= 15 is 0 Å². The highest BCUT2D eigenvalue weighted by Crippen LogP contribution is 2.26. The summed E-state index contributed by atoms with van der Waals surface area (Å²) >= 11 is 0. The number of rotatable bonds is 6. The van der Waals surface area contributed by atoms with Gasteiger partial charge in [0.05, 0.1) is 22.7 Å². The summed E-state index contributed by atoms with van der Waals surface area (Å²) in [4.78, 5) is 21.8. The van der Waals surface area contributed by atoms with E-state index < -0.39 is 28.4 Å². The summed E-state index contributed by atoms with van der Waals surface area (Å²) in [6.07, 6.45) is -0.259. The fourth-order valence-corrected chi connectivity index (χ4v) is 1.70.